The number of hydrogen-bond acceptors (Lipinski definition) is 4. The van der Waals surface area contributed by atoms with Crippen LogP contribution in [-0.4, -0.2) is 30.3 Å². The Bertz CT molecular complexity index is 918. The van der Waals surface area contributed by atoms with E-state index in [4.69, 9.17) is 9.47 Å². The number of nitrogens with one attached hydrogen (secondary N) is 2. The maximum Gasteiger partial charge on any atom is 0.255 e. The number of aryl methyl sites for hydroxylation is 1. The summed E-state index contributed by atoms with van der Waals surface area (Å²) in [7, 11) is 3.15. The molecule has 0 aliphatic rings. The molecule has 0 unspecified atom stereocenters. The smallest absolute Gasteiger partial charge is 0.255 e. The Kier molecular flexibility index (Phi) is 5.22. The number of carbonyl (C=O) groups excluding carboxylic acids is 1. The van der Waals surface area contributed by atoms with E-state index in [0.717, 1.165) is 16.7 Å². The minimum atomic E-state index is -0.190. The van der Waals surface area contributed by atoms with Crippen LogP contribution in [-0.2, 0) is 6.54 Å². The maximum atomic E-state index is 12.6. The molecule has 0 bridgehead atoms. The lowest BCUT2D eigenvalue weighted by Crippen LogP contribution is -2.23. The molecule has 0 aliphatic heterocycles. The van der Waals surface area contributed by atoms with Crippen molar-refractivity contribution in [2.75, 3.05) is 14.2 Å². The first-order valence-electron chi connectivity index (χ1n) is 8.22. The number of H-pyrrole nitrogens is 1. The van der Waals surface area contributed by atoms with Crippen LogP contribution in [0.5, 0.6) is 11.5 Å². The van der Waals surface area contributed by atoms with Crippen molar-refractivity contribution >= 4 is 5.91 Å². The van der Waals surface area contributed by atoms with Gasteiger partial charge in [0.05, 0.1) is 31.7 Å². The molecule has 6 nitrogen and oxygen atoms in total. The van der Waals surface area contributed by atoms with Crippen LogP contribution in [0.3, 0.4) is 0 Å². The van der Waals surface area contributed by atoms with Gasteiger partial charge >= 0.3 is 0 Å². The Hall–Kier alpha value is -3.28. The van der Waals surface area contributed by atoms with E-state index in [9.17, 15) is 4.79 Å². The fourth-order valence-corrected chi connectivity index (χ4v) is 2.77. The van der Waals surface area contributed by atoms with Crippen molar-refractivity contribution in [1.82, 2.24) is 15.5 Å². The van der Waals surface area contributed by atoms with Crippen molar-refractivity contribution in [3.05, 3.63) is 65.4 Å². The standard InChI is InChI=1S/C20H21N3O3/c1-13-5-4-6-14(9-13)11-21-20(24)16-12-22-23-19(16)15-7-8-17(25-2)18(10-15)26-3/h4-10,12H,11H2,1-3H3,(H,21,24)(H,22,23). The first-order chi connectivity index (χ1) is 12.6. The Balaban J connectivity index is 1.80. The maximum absolute atomic E-state index is 12.6. The number of methoxy groups -OCH3 is 2. The average molecular weight is 351 g/mol. The predicted molar refractivity (Wildman–Crippen MR) is 99.5 cm³/mol. The number of benzene rings is 2. The van der Waals surface area contributed by atoms with Crippen molar-refractivity contribution in [2.45, 2.75) is 13.5 Å². The molecule has 1 amide bonds. The van der Waals surface area contributed by atoms with Crippen molar-refractivity contribution in [3.63, 3.8) is 0 Å². The monoisotopic (exact) mass is 351 g/mol. The zero-order valence-corrected chi connectivity index (χ0v) is 15.0. The molecule has 0 atom stereocenters. The van der Waals surface area contributed by atoms with Gasteiger partial charge in [-0.15, -0.1) is 0 Å². The topological polar surface area (TPSA) is 76.2 Å². The highest BCUT2D eigenvalue weighted by Crippen LogP contribution is 2.32. The molecule has 0 saturated heterocycles. The average Bonchev–Trinajstić information content (AvgIpc) is 3.15. The number of amides is 1. The van der Waals surface area contributed by atoms with Crippen LogP contribution in [0, 0.1) is 6.92 Å². The fraction of sp³-hybridized carbons (Fsp3) is 0.200. The molecule has 26 heavy (non-hydrogen) atoms. The normalized spacial score (nSPS) is 10.4. The molecule has 0 radical (unpaired) electrons. The third-order valence-corrected chi connectivity index (χ3v) is 4.09. The van der Waals surface area contributed by atoms with E-state index in [1.165, 1.54) is 6.20 Å². The summed E-state index contributed by atoms with van der Waals surface area (Å²) in [5.41, 5.74) is 4.11. The second kappa shape index (κ2) is 7.74. The third-order valence-electron chi connectivity index (χ3n) is 4.09. The summed E-state index contributed by atoms with van der Waals surface area (Å²) >= 11 is 0. The highest BCUT2D eigenvalue weighted by molar-refractivity contribution is 5.99. The van der Waals surface area contributed by atoms with E-state index in [1.54, 1.807) is 20.3 Å². The predicted octanol–water partition coefficient (Wildman–Crippen LogP) is 3.33. The molecular formula is C20H21N3O3. The highest BCUT2D eigenvalue weighted by Gasteiger charge is 2.16. The van der Waals surface area contributed by atoms with Gasteiger partial charge in [-0.2, -0.15) is 5.10 Å². The van der Waals surface area contributed by atoms with E-state index in [2.05, 4.69) is 15.5 Å². The van der Waals surface area contributed by atoms with Gasteiger partial charge in [-0.1, -0.05) is 29.8 Å². The Morgan fingerprint density at radius 2 is 1.92 bits per heavy atom. The first-order valence-corrected chi connectivity index (χ1v) is 8.22. The molecule has 3 aromatic rings. The van der Waals surface area contributed by atoms with Gasteiger partial charge in [0.25, 0.3) is 5.91 Å². The second-order valence-electron chi connectivity index (χ2n) is 5.90. The second-order valence-corrected chi connectivity index (χ2v) is 5.90. The Morgan fingerprint density at radius 1 is 1.12 bits per heavy atom. The molecule has 134 valence electrons. The van der Waals surface area contributed by atoms with E-state index in [-0.39, 0.29) is 5.91 Å². The van der Waals surface area contributed by atoms with Gasteiger partial charge in [0.15, 0.2) is 11.5 Å². The van der Waals surface area contributed by atoms with E-state index >= 15 is 0 Å². The van der Waals surface area contributed by atoms with Crippen molar-refractivity contribution in [2.24, 2.45) is 0 Å². The quantitative estimate of drug-likeness (QED) is 0.714. The first kappa shape index (κ1) is 17.5. The van der Waals surface area contributed by atoms with Crippen LogP contribution in [0.4, 0.5) is 0 Å². The van der Waals surface area contributed by atoms with Crippen LogP contribution < -0.4 is 14.8 Å². The van der Waals surface area contributed by atoms with Gasteiger partial charge in [-0.05, 0) is 30.7 Å². The third kappa shape index (κ3) is 3.69. The number of aromatic nitrogens is 2. The summed E-state index contributed by atoms with van der Waals surface area (Å²) in [6, 6.07) is 13.5. The Labute approximate surface area is 152 Å². The lowest BCUT2D eigenvalue weighted by Gasteiger charge is -2.10. The molecule has 1 heterocycles. The van der Waals surface area contributed by atoms with Crippen molar-refractivity contribution in [1.29, 1.82) is 0 Å². The number of aromatic amines is 1. The lowest BCUT2D eigenvalue weighted by atomic mass is 10.1. The summed E-state index contributed by atoms with van der Waals surface area (Å²) in [6.07, 6.45) is 1.53. The molecule has 6 heteroatoms. The number of rotatable bonds is 6. The lowest BCUT2D eigenvalue weighted by molar-refractivity contribution is 0.0951. The highest BCUT2D eigenvalue weighted by atomic mass is 16.5. The molecule has 0 saturated carbocycles. The Morgan fingerprint density at radius 3 is 2.65 bits per heavy atom. The largest absolute Gasteiger partial charge is 0.493 e. The van der Waals surface area contributed by atoms with Crippen molar-refractivity contribution in [3.8, 4) is 22.8 Å². The van der Waals surface area contributed by atoms with Gasteiger partial charge < -0.3 is 14.8 Å². The van der Waals surface area contributed by atoms with Crippen LogP contribution in [0.25, 0.3) is 11.3 Å². The minimum absolute atomic E-state index is 0.190. The zero-order chi connectivity index (χ0) is 18.5. The van der Waals surface area contributed by atoms with Gasteiger partial charge in [0.2, 0.25) is 0 Å². The van der Waals surface area contributed by atoms with Crippen LogP contribution >= 0.6 is 0 Å². The van der Waals surface area contributed by atoms with Gasteiger partial charge in [0.1, 0.15) is 0 Å². The fourth-order valence-electron chi connectivity index (χ4n) is 2.77. The number of hydrogen-bond donors (Lipinski definition) is 2. The summed E-state index contributed by atoms with van der Waals surface area (Å²) in [5.74, 6) is 1.02. The van der Waals surface area contributed by atoms with Crippen molar-refractivity contribution < 1.29 is 14.3 Å². The molecular weight excluding hydrogens is 330 g/mol. The zero-order valence-electron chi connectivity index (χ0n) is 15.0. The number of carbonyl (C=O) groups is 1. The van der Waals surface area contributed by atoms with E-state index in [0.29, 0.717) is 29.3 Å². The molecule has 0 fully saturated rings. The molecule has 0 aliphatic carbocycles. The molecule has 0 spiro atoms. The number of ether oxygens (including phenoxy) is 2. The summed E-state index contributed by atoms with van der Waals surface area (Å²) in [4.78, 5) is 12.6. The van der Waals surface area contributed by atoms with Crippen LogP contribution in [0.1, 0.15) is 21.5 Å². The van der Waals surface area contributed by atoms with Gasteiger partial charge in [-0.25, -0.2) is 0 Å². The molecule has 1 aromatic heterocycles. The summed E-state index contributed by atoms with van der Waals surface area (Å²) < 4.78 is 10.6. The van der Waals surface area contributed by atoms with Gasteiger partial charge in [0, 0.05) is 12.1 Å². The molecule has 2 aromatic carbocycles. The molecule has 2 N–H and O–H groups in total. The van der Waals surface area contributed by atoms with Crippen LogP contribution in [0.15, 0.2) is 48.7 Å². The SMILES string of the molecule is COc1ccc(-c2[nH]ncc2C(=O)NCc2cccc(C)c2)cc1OC. The molecule has 3 rings (SSSR count). The van der Waals surface area contributed by atoms with E-state index < -0.39 is 0 Å². The van der Waals surface area contributed by atoms with Gasteiger partial charge in [-0.3, -0.25) is 9.89 Å². The number of nitrogens with zero attached hydrogens (tertiary/aromatic N) is 1. The summed E-state index contributed by atoms with van der Waals surface area (Å²) in [5, 5.41) is 9.86. The minimum Gasteiger partial charge on any atom is -0.493 e. The van der Waals surface area contributed by atoms with Crippen LogP contribution in [0.2, 0.25) is 0 Å². The van der Waals surface area contributed by atoms with E-state index in [1.807, 2.05) is 43.3 Å². The summed E-state index contributed by atoms with van der Waals surface area (Å²) in [6.45, 7) is 2.48.